The Morgan fingerprint density at radius 2 is 1.95 bits per heavy atom. The molecule has 1 N–H and O–H groups in total. The molecule has 112 valence electrons. The Labute approximate surface area is 122 Å². The molecular weight excluding hydrogens is 250 g/mol. The van der Waals surface area contributed by atoms with E-state index in [0.717, 1.165) is 31.6 Å². The summed E-state index contributed by atoms with van der Waals surface area (Å²) in [6.07, 6.45) is 6.80. The highest BCUT2D eigenvalue weighted by atomic mass is 16.5. The first kappa shape index (κ1) is 15.3. The van der Waals surface area contributed by atoms with Gasteiger partial charge in [0.25, 0.3) is 0 Å². The van der Waals surface area contributed by atoms with Gasteiger partial charge in [0, 0.05) is 12.6 Å². The van der Waals surface area contributed by atoms with Gasteiger partial charge in [-0.3, -0.25) is 4.90 Å². The molecule has 0 amide bonds. The molecular formula is C17H27NO2. The van der Waals surface area contributed by atoms with Crippen LogP contribution in [0.25, 0.3) is 0 Å². The predicted molar refractivity (Wildman–Crippen MR) is 82.0 cm³/mol. The van der Waals surface area contributed by atoms with E-state index in [1.54, 1.807) is 7.11 Å². The SMILES string of the molecule is COc1cccc(CN(C)C2CCCCCCC2O)c1. The van der Waals surface area contributed by atoms with E-state index in [0.29, 0.717) is 0 Å². The van der Waals surface area contributed by atoms with Gasteiger partial charge >= 0.3 is 0 Å². The lowest BCUT2D eigenvalue weighted by Crippen LogP contribution is -2.41. The number of hydrogen-bond donors (Lipinski definition) is 1. The van der Waals surface area contributed by atoms with E-state index in [-0.39, 0.29) is 12.1 Å². The minimum Gasteiger partial charge on any atom is -0.497 e. The van der Waals surface area contributed by atoms with E-state index in [1.807, 2.05) is 12.1 Å². The highest BCUT2D eigenvalue weighted by Crippen LogP contribution is 2.23. The number of aliphatic hydroxyl groups excluding tert-OH is 1. The van der Waals surface area contributed by atoms with Crippen LogP contribution in [-0.2, 0) is 6.54 Å². The zero-order chi connectivity index (χ0) is 14.4. The number of aliphatic hydroxyl groups is 1. The van der Waals surface area contributed by atoms with E-state index < -0.39 is 0 Å². The molecule has 1 aromatic carbocycles. The molecule has 1 aliphatic carbocycles. The van der Waals surface area contributed by atoms with Crippen molar-refractivity contribution in [2.45, 2.75) is 57.2 Å². The molecule has 0 aliphatic heterocycles. The number of benzene rings is 1. The summed E-state index contributed by atoms with van der Waals surface area (Å²) >= 11 is 0. The molecule has 1 aromatic rings. The number of likely N-dealkylation sites (N-methyl/N-ethyl adjacent to an activating group) is 1. The molecule has 20 heavy (non-hydrogen) atoms. The molecule has 0 spiro atoms. The maximum Gasteiger partial charge on any atom is 0.119 e. The van der Waals surface area contributed by atoms with Gasteiger partial charge in [0.1, 0.15) is 5.75 Å². The van der Waals surface area contributed by atoms with Crippen LogP contribution in [0.3, 0.4) is 0 Å². The second-order valence-corrected chi connectivity index (χ2v) is 5.89. The van der Waals surface area contributed by atoms with Crippen LogP contribution >= 0.6 is 0 Å². The second kappa shape index (κ2) is 7.65. The van der Waals surface area contributed by atoms with Gasteiger partial charge in [-0.25, -0.2) is 0 Å². The van der Waals surface area contributed by atoms with Gasteiger partial charge in [-0.1, -0.05) is 37.8 Å². The maximum absolute atomic E-state index is 10.4. The molecule has 0 aromatic heterocycles. The fourth-order valence-corrected chi connectivity index (χ4v) is 3.14. The Morgan fingerprint density at radius 1 is 1.20 bits per heavy atom. The van der Waals surface area contributed by atoms with Crippen molar-refractivity contribution in [3.63, 3.8) is 0 Å². The Balaban J connectivity index is 1.99. The zero-order valence-electron chi connectivity index (χ0n) is 12.7. The first-order chi connectivity index (χ1) is 9.70. The van der Waals surface area contributed by atoms with E-state index in [2.05, 4.69) is 24.1 Å². The number of hydrogen-bond acceptors (Lipinski definition) is 3. The minimum absolute atomic E-state index is 0.189. The molecule has 1 fully saturated rings. The maximum atomic E-state index is 10.4. The monoisotopic (exact) mass is 277 g/mol. The van der Waals surface area contributed by atoms with E-state index in [1.165, 1.54) is 24.8 Å². The van der Waals surface area contributed by atoms with Crippen molar-refractivity contribution in [2.75, 3.05) is 14.2 Å². The van der Waals surface area contributed by atoms with Gasteiger partial charge < -0.3 is 9.84 Å². The molecule has 2 unspecified atom stereocenters. The first-order valence-electron chi connectivity index (χ1n) is 7.72. The Morgan fingerprint density at radius 3 is 2.70 bits per heavy atom. The summed E-state index contributed by atoms with van der Waals surface area (Å²) in [5, 5.41) is 10.4. The van der Waals surface area contributed by atoms with Crippen LogP contribution < -0.4 is 4.74 Å². The van der Waals surface area contributed by atoms with Crippen molar-refractivity contribution in [2.24, 2.45) is 0 Å². The number of nitrogens with zero attached hydrogens (tertiary/aromatic N) is 1. The number of rotatable bonds is 4. The second-order valence-electron chi connectivity index (χ2n) is 5.89. The molecule has 0 saturated heterocycles. The lowest BCUT2D eigenvalue weighted by Gasteiger charge is -2.33. The number of methoxy groups -OCH3 is 1. The quantitative estimate of drug-likeness (QED) is 0.917. The average molecular weight is 277 g/mol. The zero-order valence-corrected chi connectivity index (χ0v) is 12.7. The van der Waals surface area contributed by atoms with Gasteiger partial charge in [-0.05, 0) is 37.6 Å². The highest BCUT2D eigenvalue weighted by molar-refractivity contribution is 5.28. The van der Waals surface area contributed by atoms with Gasteiger partial charge in [-0.2, -0.15) is 0 Å². The summed E-state index contributed by atoms with van der Waals surface area (Å²) in [5.41, 5.74) is 1.24. The third kappa shape index (κ3) is 4.22. The predicted octanol–water partition coefficient (Wildman–Crippen LogP) is 3.21. The van der Waals surface area contributed by atoms with E-state index in [9.17, 15) is 5.11 Å². The molecule has 3 nitrogen and oxygen atoms in total. The lowest BCUT2D eigenvalue weighted by atomic mass is 9.93. The minimum atomic E-state index is -0.189. The molecule has 0 heterocycles. The van der Waals surface area contributed by atoms with Crippen molar-refractivity contribution in [3.05, 3.63) is 29.8 Å². The average Bonchev–Trinajstić information content (AvgIpc) is 2.43. The molecule has 1 saturated carbocycles. The Kier molecular flexibility index (Phi) is 5.86. The molecule has 1 aliphatic rings. The largest absolute Gasteiger partial charge is 0.497 e. The van der Waals surface area contributed by atoms with Crippen LogP contribution in [0.2, 0.25) is 0 Å². The fourth-order valence-electron chi connectivity index (χ4n) is 3.14. The van der Waals surface area contributed by atoms with Crippen LogP contribution in [0.5, 0.6) is 5.75 Å². The Hall–Kier alpha value is -1.06. The normalized spacial score (nSPS) is 24.2. The van der Waals surface area contributed by atoms with E-state index >= 15 is 0 Å². The van der Waals surface area contributed by atoms with Crippen LogP contribution in [0, 0.1) is 0 Å². The van der Waals surface area contributed by atoms with Crippen LogP contribution in [0.1, 0.15) is 44.1 Å². The van der Waals surface area contributed by atoms with Crippen molar-refractivity contribution in [3.8, 4) is 5.75 Å². The van der Waals surface area contributed by atoms with Crippen molar-refractivity contribution >= 4 is 0 Å². The highest BCUT2D eigenvalue weighted by Gasteiger charge is 2.24. The summed E-state index contributed by atoms with van der Waals surface area (Å²) in [4.78, 5) is 2.30. The van der Waals surface area contributed by atoms with Crippen LogP contribution in [-0.4, -0.2) is 36.3 Å². The summed E-state index contributed by atoms with van der Waals surface area (Å²) in [6.45, 7) is 0.860. The van der Waals surface area contributed by atoms with Crippen LogP contribution in [0.4, 0.5) is 0 Å². The van der Waals surface area contributed by atoms with E-state index in [4.69, 9.17) is 4.74 Å². The standard InChI is InChI=1S/C17H27NO2/c1-18(13-14-8-7-9-15(12-14)20-2)16-10-5-3-4-6-11-17(16)19/h7-9,12,16-17,19H,3-6,10-11,13H2,1-2H3. The van der Waals surface area contributed by atoms with Gasteiger partial charge in [-0.15, -0.1) is 0 Å². The molecule has 0 bridgehead atoms. The summed E-state index contributed by atoms with van der Waals surface area (Å²) in [5.74, 6) is 0.897. The lowest BCUT2D eigenvalue weighted by molar-refractivity contribution is 0.0407. The van der Waals surface area contributed by atoms with Gasteiger partial charge in [0.15, 0.2) is 0 Å². The molecule has 0 radical (unpaired) electrons. The number of ether oxygens (including phenoxy) is 1. The Bertz CT molecular complexity index is 408. The molecule has 3 heteroatoms. The van der Waals surface area contributed by atoms with Crippen molar-refractivity contribution < 1.29 is 9.84 Å². The van der Waals surface area contributed by atoms with Crippen LogP contribution in [0.15, 0.2) is 24.3 Å². The third-order valence-electron chi connectivity index (χ3n) is 4.33. The molecule has 2 atom stereocenters. The summed E-state index contributed by atoms with van der Waals surface area (Å²) in [6, 6.07) is 8.46. The van der Waals surface area contributed by atoms with Gasteiger partial charge in [0.2, 0.25) is 0 Å². The van der Waals surface area contributed by atoms with Crippen molar-refractivity contribution in [1.82, 2.24) is 4.90 Å². The summed E-state index contributed by atoms with van der Waals surface area (Å²) in [7, 11) is 3.82. The first-order valence-corrected chi connectivity index (χ1v) is 7.72. The van der Waals surface area contributed by atoms with Crippen molar-refractivity contribution in [1.29, 1.82) is 0 Å². The third-order valence-corrected chi connectivity index (χ3v) is 4.33. The van der Waals surface area contributed by atoms with Gasteiger partial charge in [0.05, 0.1) is 13.2 Å². The topological polar surface area (TPSA) is 32.7 Å². The molecule has 2 rings (SSSR count). The smallest absolute Gasteiger partial charge is 0.119 e. The summed E-state index contributed by atoms with van der Waals surface area (Å²) < 4.78 is 5.27. The fraction of sp³-hybridized carbons (Fsp3) is 0.647.